The average molecular weight is 418 g/mol. The van der Waals surface area contributed by atoms with Gasteiger partial charge in [0.05, 0.1) is 0 Å². The maximum atomic E-state index is 13.3. The minimum Gasteiger partial charge on any atom is -0.334 e. The zero-order valence-electron chi connectivity index (χ0n) is 17.2. The molecule has 2 aromatic carbocycles. The topological polar surface area (TPSA) is 64.7 Å². The van der Waals surface area contributed by atoms with E-state index in [0.29, 0.717) is 10.9 Å². The van der Waals surface area contributed by atoms with Crippen molar-refractivity contribution < 1.29 is 0 Å². The normalized spacial score (nSPS) is 10.9. The van der Waals surface area contributed by atoms with Gasteiger partial charge >= 0.3 is 5.56 Å². The van der Waals surface area contributed by atoms with Gasteiger partial charge in [-0.05, 0) is 61.7 Å². The van der Waals surface area contributed by atoms with Gasteiger partial charge in [0, 0.05) is 23.8 Å². The van der Waals surface area contributed by atoms with Crippen molar-refractivity contribution in [1.29, 1.82) is 0 Å². The monoisotopic (exact) mass is 417 g/mol. The first-order valence-corrected chi connectivity index (χ1v) is 10.7. The van der Waals surface area contributed by atoms with Crippen LogP contribution in [0.2, 0.25) is 0 Å². The number of benzene rings is 2. The molecular formula is C23H23N5OS. The van der Waals surface area contributed by atoms with Crippen molar-refractivity contribution in [2.24, 2.45) is 0 Å². The third-order valence-electron chi connectivity index (χ3n) is 4.85. The summed E-state index contributed by atoms with van der Waals surface area (Å²) in [4.78, 5) is 13.3. The first-order valence-electron chi connectivity index (χ1n) is 9.67. The fourth-order valence-electron chi connectivity index (χ4n) is 3.10. The van der Waals surface area contributed by atoms with Gasteiger partial charge in [0.1, 0.15) is 0 Å². The third kappa shape index (κ3) is 4.31. The van der Waals surface area contributed by atoms with Crippen molar-refractivity contribution in [2.45, 2.75) is 31.7 Å². The molecule has 6 nitrogen and oxygen atoms in total. The number of nitrogens with zero attached hydrogens (tertiary/aromatic N) is 4. The highest BCUT2D eigenvalue weighted by Gasteiger charge is 2.15. The van der Waals surface area contributed by atoms with Gasteiger partial charge in [-0.3, -0.25) is 9.47 Å². The summed E-state index contributed by atoms with van der Waals surface area (Å²) in [6.07, 6.45) is 3.64. The number of hydrogen-bond acceptors (Lipinski definition) is 5. The SMILES string of the molecule is Cc1cccc(CSc2nnc(Nc3ccc(C)c(C)c3)c(=O)n2-n2cccc2)c1. The lowest BCUT2D eigenvalue weighted by Crippen LogP contribution is -2.30. The van der Waals surface area contributed by atoms with Crippen LogP contribution in [0, 0.1) is 20.8 Å². The Morgan fingerprint density at radius 2 is 1.73 bits per heavy atom. The molecule has 0 radical (unpaired) electrons. The molecule has 4 aromatic rings. The number of thioether (sulfide) groups is 1. The lowest BCUT2D eigenvalue weighted by molar-refractivity contribution is 0.533. The molecular weight excluding hydrogens is 394 g/mol. The summed E-state index contributed by atoms with van der Waals surface area (Å²) < 4.78 is 3.26. The summed E-state index contributed by atoms with van der Waals surface area (Å²) in [7, 11) is 0. The van der Waals surface area contributed by atoms with Crippen molar-refractivity contribution in [2.75, 3.05) is 5.32 Å². The van der Waals surface area contributed by atoms with Crippen LogP contribution in [0.15, 0.2) is 76.9 Å². The number of hydrogen-bond donors (Lipinski definition) is 1. The second-order valence-corrected chi connectivity index (χ2v) is 8.16. The van der Waals surface area contributed by atoms with Crippen molar-refractivity contribution in [1.82, 2.24) is 19.5 Å². The van der Waals surface area contributed by atoms with E-state index in [1.807, 2.05) is 55.7 Å². The summed E-state index contributed by atoms with van der Waals surface area (Å²) in [6, 6.07) is 18.0. The van der Waals surface area contributed by atoms with Crippen LogP contribution < -0.4 is 10.9 Å². The summed E-state index contributed by atoms with van der Waals surface area (Å²) in [5.74, 6) is 0.882. The second kappa shape index (κ2) is 8.59. The van der Waals surface area contributed by atoms with Crippen molar-refractivity contribution in [3.8, 4) is 0 Å². The molecule has 0 aliphatic rings. The van der Waals surface area contributed by atoms with Gasteiger partial charge in [0.15, 0.2) is 0 Å². The van der Waals surface area contributed by atoms with E-state index in [1.165, 1.54) is 33.1 Å². The Kier molecular flexibility index (Phi) is 5.72. The van der Waals surface area contributed by atoms with E-state index >= 15 is 0 Å². The Hall–Kier alpha value is -3.32. The molecule has 2 aromatic heterocycles. The Morgan fingerprint density at radius 1 is 0.933 bits per heavy atom. The van der Waals surface area contributed by atoms with Crippen LogP contribution in [-0.2, 0) is 5.75 Å². The van der Waals surface area contributed by atoms with Gasteiger partial charge in [0.2, 0.25) is 11.0 Å². The number of nitrogens with one attached hydrogen (secondary N) is 1. The molecule has 4 rings (SSSR count). The zero-order chi connectivity index (χ0) is 21.1. The standard InChI is InChI=1S/C23H23N5OS/c1-16-7-6-8-19(13-16)15-30-23-26-25-21(22(29)28(23)27-11-4-5-12-27)24-20-10-9-17(2)18(3)14-20/h4-14H,15H2,1-3H3,(H,24,25). The molecule has 0 fully saturated rings. The van der Waals surface area contributed by atoms with Crippen LogP contribution in [-0.4, -0.2) is 19.5 Å². The van der Waals surface area contributed by atoms with E-state index in [1.54, 1.807) is 4.68 Å². The van der Waals surface area contributed by atoms with Crippen LogP contribution in [0.4, 0.5) is 11.5 Å². The number of rotatable bonds is 6. The molecule has 0 amide bonds. The van der Waals surface area contributed by atoms with Crippen LogP contribution in [0.1, 0.15) is 22.3 Å². The predicted molar refractivity (Wildman–Crippen MR) is 121 cm³/mol. The van der Waals surface area contributed by atoms with Gasteiger partial charge in [-0.25, -0.2) is 0 Å². The maximum Gasteiger partial charge on any atom is 0.316 e. The Bertz CT molecular complexity index is 1230. The molecule has 0 atom stereocenters. The number of aryl methyl sites for hydroxylation is 3. The van der Waals surface area contributed by atoms with Crippen molar-refractivity contribution in [3.63, 3.8) is 0 Å². The first-order chi connectivity index (χ1) is 14.5. The highest BCUT2D eigenvalue weighted by atomic mass is 32.2. The van der Waals surface area contributed by atoms with E-state index < -0.39 is 0 Å². The van der Waals surface area contributed by atoms with E-state index in [2.05, 4.69) is 47.6 Å². The van der Waals surface area contributed by atoms with Crippen LogP contribution in [0.5, 0.6) is 0 Å². The largest absolute Gasteiger partial charge is 0.334 e. The molecule has 0 saturated carbocycles. The van der Waals surface area contributed by atoms with Gasteiger partial charge in [-0.2, -0.15) is 4.68 Å². The molecule has 0 saturated heterocycles. The van der Waals surface area contributed by atoms with Crippen LogP contribution in [0.25, 0.3) is 0 Å². The van der Waals surface area contributed by atoms with Crippen molar-refractivity contribution in [3.05, 3.63) is 99.6 Å². The van der Waals surface area contributed by atoms with E-state index in [-0.39, 0.29) is 11.4 Å². The smallest absolute Gasteiger partial charge is 0.316 e. The number of anilines is 2. The highest BCUT2D eigenvalue weighted by molar-refractivity contribution is 7.98. The molecule has 2 heterocycles. The third-order valence-corrected chi connectivity index (χ3v) is 5.84. The molecule has 30 heavy (non-hydrogen) atoms. The van der Waals surface area contributed by atoms with Gasteiger partial charge < -0.3 is 5.32 Å². The summed E-state index contributed by atoms with van der Waals surface area (Å²) in [5.41, 5.74) is 5.26. The number of aromatic nitrogens is 4. The highest BCUT2D eigenvalue weighted by Crippen LogP contribution is 2.22. The maximum absolute atomic E-state index is 13.3. The fraction of sp³-hybridized carbons (Fsp3) is 0.174. The lowest BCUT2D eigenvalue weighted by atomic mass is 10.1. The summed E-state index contributed by atoms with van der Waals surface area (Å²) in [5, 5.41) is 12.2. The predicted octanol–water partition coefficient (Wildman–Crippen LogP) is 4.71. The fourth-order valence-corrected chi connectivity index (χ4v) is 3.98. The average Bonchev–Trinajstić information content (AvgIpc) is 3.25. The quantitative estimate of drug-likeness (QED) is 0.460. The first kappa shape index (κ1) is 20.0. The van der Waals surface area contributed by atoms with E-state index in [0.717, 1.165) is 11.3 Å². The summed E-state index contributed by atoms with van der Waals surface area (Å²) >= 11 is 1.48. The van der Waals surface area contributed by atoms with Gasteiger partial charge in [-0.15, -0.1) is 10.2 Å². The van der Waals surface area contributed by atoms with Gasteiger partial charge in [0.25, 0.3) is 0 Å². The zero-order valence-corrected chi connectivity index (χ0v) is 18.0. The molecule has 0 aliphatic heterocycles. The molecule has 0 bridgehead atoms. The van der Waals surface area contributed by atoms with Crippen molar-refractivity contribution >= 4 is 23.3 Å². The second-order valence-electron chi connectivity index (χ2n) is 7.21. The Balaban J connectivity index is 1.68. The molecule has 7 heteroatoms. The summed E-state index contributed by atoms with van der Waals surface area (Å²) in [6.45, 7) is 6.16. The molecule has 0 aliphatic carbocycles. The lowest BCUT2D eigenvalue weighted by Gasteiger charge is -2.14. The Labute approximate surface area is 179 Å². The minimum atomic E-state index is -0.258. The van der Waals surface area contributed by atoms with Gasteiger partial charge in [-0.1, -0.05) is 47.7 Å². The molecule has 1 N–H and O–H groups in total. The molecule has 0 unspecified atom stereocenters. The van der Waals surface area contributed by atoms with E-state index in [9.17, 15) is 4.79 Å². The molecule has 152 valence electrons. The van der Waals surface area contributed by atoms with Crippen LogP contribution >= 0.6 is 11.8 Å². The minimum absolute atomic E-state index is 0.187. The molecule has 0 spiro atoms. The van der Waals surface area contributed by atoms with Crippen LogP contribution in [0.3, 0.4) is 0 Å². The Morgan fingerprint density at radius 3 is 2.47 bits per heavy atom. The van der Waals surface area contributed by atoms with E-state index in [4.69, 9.17) is 0 Å².